The average molecular weight is 542 g/mol. The van der Waals surface area contributed by atoms with E-state index in [1.807, 2.05) is 0 Å². The summed E-state index contributed by atoms with van der Waals surface area (Å²) in [5.41, 5.74) is -1.44. The molecule has 0 aliphatic rings. The summed E-state index contributed by atoms with van der Waals surface area (Å²) in [4.78, 5) is 0. The topological polar surface area (TPSA) is 9.23 Å². The van der Waals surface area contributed by atoms with Crippen molar-refractivity contribution in [3.8, 4) is 28.0 Å². The molecule has 38 heavy (non-hydrogen) atoms. The van der Waals surface area contributed by atoms with E-state index < -0.39 is 69.5 Å². The predicted octanol–water partition coefficient (Wildman–Crippen LogP) is 9.38. The van der Waals surface area contributed by atoms with E-state index in [1.165, 1.54) is 36.4 Å². The Kier molecular flexibility index (Phi) is 7.21. The van der Waals surface area contributed by atoms with Crippen molar-refractivity contribution in [2.24, 2.45) is 0 Å². The highest BCUT2D eigenvalue weighted by Gasteiger charge is 2.35. The molecule has 0 amide bonds. The first-order valence-electron chi connectivity index (χ1n) is 10.5. The number of hydrogen-bond donors (Lipinski definition) is 0. The van der Waals surface area contributed by atoms with Gasteiger partial charge in [-0.2, -0.15) is 17.6 Å². The molecule has 0 fully saturated rings. The zero-order valence-electron chi connectivity index (χ0n) is 18.6. The molecule has 0 heterocycles. The van der Waals surface area contributed by atoms with E-state index in [9.17, 15) is 43.9 Å². The normalized spacial score (nSPS) is 11.4. The number of hydrogen-bond acceptors (Lipinski definition) is 1. The smallest absolute Gasteiger partial charge is 0.426 e. The van der Waals surface area contributed by atoms with Gasteiger partial charge in [0.2, 0.25) is 0 Å². The summed E-state index contributed by atoms with van der Waals surface area (Å²) in [6.07, 6.45) is -6.77. The van der Waals surface area contributed by atoms with Gasteiger partial charge in [-0.05, 0) is 41.0 Å². The predicted molar refractivity (Wildman–Crippen MR) is 118 cm³/mol. The lowest BCUT2D eigenvalue weighted by Gasteiger charge is -2.19. The first kappa shape index (κ1) is 26.8. The molecule has 0 unspecified atom stereocenters. The molecule has 0 N–H and O–H groups in total. The van der Waals surface area contributed by atoms with Gasteiger partial charge in [0, 0.05) is 17.7 Å². The lowest BCUT2D eigenvalue weighted by atomic mass is 9.98. The van der Waals surface area contributed by atoms with E-state index in [4.69, 9.17) is 0 Å². The molecule has 0 atom stereocenters. The minimum absolute atomic E-state index is 0.00396. The van der Waals surface area contributed by atoms with Crippen molar-refractivity contribution in [3.05, 3.63) is 119 Å². The molecule has 4 rings (SSSR count). The van der Waals surface area contributed by atoms with Crippen molar-refractivity contribution in [1.29, 1.82) is 0 Å². The standard InChI is InChI=1S/C27H12F10O/c28-19-9-16(24(32)26(34)35)10-20(29)23(19)15-3-1-13(2-4-15)14-5-7-17(8-6-14)27(36,37)38-18-11-21(30)25(33)22(31)12-18/h1-12H. The zero-order chi connectivity index (χ0) is 27.8. The molecule has 1 nitrogen and oxygen atoms in total. The number of rotatable bonds is 6. The maximum absolute atomic E-state index is 14.5. The fourth-order valence-corrected chi connectivity index (χ4v) is 3.57. The third kappa shape index (κ3) is 5.36. The number of alkyl halides is 2. The second kappa shape index (κ2) is 10.2. The fourth-order valence-electron chi connectivity index (χ4n) is 3.57. The van der Waals surface area contributed by atoms with Gasteiger partial charge >= 0.3 is 12.2 Å². The lowest BCUT2D eigenvalue weighted by Crippen LogP contribution is -2.22. The van der Waals surface area contributed by atoms with E-state index >= 15 is 0 Å². The van der Waals surface area contributed by atoms with E-state index in [0.717, 1.165) is 12.1 Å². The summed E-state index contributed by atoms with van der Waals surface area (Å²) in [7, 11) is 0. The van der Waals surface area contributed by atoms with E-state index in [2.05, 4.69) is 4.74 Å². The van der Waals surface area contributed by atoms with Gasteiger partial charge in [-0.15, -0.1) is 0 Å². The molecule has 0 aliphatic heterocycles. The SMILES string of the molecule is FC(F)=C(F)c1cc(F)c(-c2ccc(-c3ccc(C(F)(F)Oc4cc(F)c(F)c(F)c4)cc3)cc2)c(F)c1. The Labute approximate surface area is 208 Å². The van der Waals surface area contributed by atoms with Crippen LogP contribution in [0.25, 0.3) is 28.1 Å². The summed E-state index contributed by atoms with van der Waals surface area (Å²) in [5.74, 6) is -10.8. The van der Waals surface area contributed by atoms with E-state index in [0.29, 0.717) is 23.3 Å². The Balaban J connectivity index is 1.56. The third-order valence-corrected chi connectivity index (χ3v) is 5.39. The van der Waals surface area contributed by atoms with Crippen molar-refractivity contribution in [3.63, 3.8) is 0 Å². The van der Waals surface area contributed by atoms with Crippen LogP contribution in [0.4, 0.5) is 43.9 Å². The summed E-state index contributed by atoms with van der Waals surface area (Å²) < 4.78 is 140. The second-order valence-electron chi connectivity index (χ2n) is 7.86. The Bertz CT molecular complexity index is 1480. The van der Waals surface area contributed by atoms with Gasteiger partial charge in [-0.3, -0.25) is 0 Å². The molecule has 0 aliphatic carbocycles. The highest BCUT2D eigenvalue weighted by atomic mass is 19.3. The van der Waals surface area contributed by atoms with E-state index in [1.54, 1.807) is 0 Å². The molecule has 196 valence electrons. The third-order valence-electron chi connectivity index (χ3n) is 5.39. The van der Waals surface area contributed by atoms with Gasteiger partial charge in [0.1, 0.15) is 17.4 Å². The molecule has 0 saturated heterocycles. The summed E-state index contributed by atoms with van der Waals surface area (Å²) >= 11 is 0. The van der Waals surface area contributed by atoms with Gasteiger partial charge in [0.15, 0.2) is 23.3 Å². The lowest BCUT2D eigenvalue weighted by molar-refractivity contribution is -0.185. The van der Waals surface area contributed by atoms with Crippen LogP contribution in [0.15, 0.2) is 78.9 Å². The molecular formula is C27H12F10O. The van der Waals surface area contributed by atoms with Gasteiger partial charge in [0.05, 0.1) is 11.1 Å². The van der Waals surface area contributed by atoms with Gasteiger partial charge in [-0.25, -0.2) is 26.3 Å². The highest BCUT2D eigenvalue weighted by molar-refractivity contribution is 5.73. The van der Waals surface area contributed by atoms with Crippen LogP contribution in [0.2, 0.25) is 0 Å². The Morgan fingerprint density at radius 3 is 1.50 bits per heavy atom. The van der Waals surface area contributed by atoms with Crippen LogP contribution >= 0.6 is 0 Å². The molecule has 4 aromatic carbocycles. The molecule has 0 aromatic heterocycles. The maximum atomic E-state index is 14.5. The Hall–Kier alpha value is -4.28. The quantitative estimate of drug-likeness (QED) is 0.174. The van der Waals surface area contributed by atoms with Gasteiger partial charge in [0.25, 0.3) is 0 Å². The first-order chi connectivity index (χ1) is 17.9. The number of benzene rings is 4. The van der Waals surface area contributed by atoms with Crippen LogP contribution in [0.1, 0.15) is 11.1 Å². The van der Waals surface area contributed by atoms with Crippen LogP contribution in [0.5, 0.6) is 5.75 Å². The molecule has 4 aromatic rings. The summed E-state index contributed by atoms with van der Waals surface area (Å²) in [6.45, 7) is 0. The minimum atomic E-state index is -4.04. The monoisotopic (exact) mass is 542 g/mol. The first-order valence-corrected chi connectivity index (χ1v) is 10.5. The Morgan fingerprint density at radius 1 is 0.579 bits per heavy atom. The number of halogens is 10. The summed E-state index contributed by atoms with van der Waals surface area (Å²) in [6, 6.07) is 11.2. The largest absolute Gasteiger partial charge is 0.429 e. The van der Waals surface area contributed by atoms with Crippen LogP contribution in [0.3, 0.4) is 0 Å². The zero-order valence-corrected chi connectivity index (χ0v) is 18.6. The molecule has 0 bridgehead atoms. The molecular weight excluding hydrogens is 530 g/mol. The van der Waals surface area contributed by atoms with Crippen molar-refractivity contribution >= 4 is 5.83 Å². The van der Waals surface area contributed by atoms with Crippen LogP contribution < -0.4 is 4.74 Å². The van der Waals surface area contributed by atoms with Crippen molar-refractivity contribution in [2.45, 2.75) is 6.11 Å². The van der Waals surface area contributed by atoms with Gasteiger partial charge in [-0.1, -0.05) is 36.4 Å². The molecule has 0 spiro atoms. The van der Waals surface area contributed by atoms with Crippen LogP contribution in [-0.4, -0.2) is 0 Å². The maximum Gasteiger partial charge on any atom is 0.426 e. The van der Waals surface area contributed by atoms with E-state index in [-0.39, 0.29) is 17.7 Å². The fraction of sp³-hybridized carbons (Fsp3) is 0.0370. The number of ether oxygens (including phenoxy) is 1. The van der Waals surface area contributed by atoms with Crippen LogP contribution in [0, 0.1) is 29.1 Å². The Morgan fingerprint density at radius 2 is 1.03 bits per heavy atom. The molecule has 11 heteroatoms. The molecule has 0 radical (unpaired) electrons. The summed E-state index contributed by atoms with van der Waals surface area (Å²) in [5, 5.41) is 0. The molecule has 0 saturated carbocycles. The van der Waals surface area contributed by atoms with Crippen molar-refractivity contribution < 1.29 is 48.6 Å². The van der Waals surface area contributed by atoms with Crippen molar-refractivity contribution in [1.82, 2.24) is 0 Å². The second-order valence-corrected chi connectivity index (χ2v) is 7.86. The van der Waals surface area contributed by atoms with Gasteiger partial charge < -0.3 is 4.74 Å². The minimum Gasteiger partial charge on any atom is -0.429 e. The highest BCUT2D eigenvalue weighted by Crippen LogP contribution is 2.35. The van der Waals surface area contributed by atoms with Crippen molar-refractivity contribution in [2.75, 3.05) is 0 Å². The average Bonchev–Trinajstić information content (AvgIpc) is 2.86. The van der Waals surface area contributed by atoms with Crippen LogP contribution in [-0.2, 0) is 6.11 Å².